The predicted octanol–water partition coefficient (Wildman–Crippen LogP) is -0.700. The molecule has 2 rings (SSSR count). The summed E-state index contributed by atoms with van der Waals surface area (Å²) < 4.78 is 5.36. The highest BCUT2D eigenvalue weighted by Crippen LogP contribution is 2.38. The fourth-order valence-electron chi connectivity index (χ4n) is 2.34. The van der Waals surface area contributed by atoms with Crippen molar-refractivity contribution in [3.63, 3.8) is 0 Å². The average Bonchev–Trinajstić information content (AvgIpc) is 3.04. The Labute approximate surface area is 96.1 Å². The minimum atomic E-state index is -0.842. The Bertz CT molecular complexity index is 280. The highest BCUT2D eigenvalue weighted by atomic mass is 16.5. The number of carbonyl (C=O) groups is 1. The van der Waals surface area contributed by atoms with Gasteiger partial charge < -0.3 is 16.2 Å². The lowest BCUT2D eigenvalue weighted by molar-refractivity contribution is -0.125. The molecule has 2 fully saturated rings. The van der Waals surface area contributed by atoms with Gasteiger partial charge in [-0.1, -0.05) is 0 Å². The van der Waals surface area contributed by atoms with Crippen LogP contribution >= 0.6 is 0 Å². The second-order valence-corrected chi connectivity index (χ2v) is 5.07. The molecule has 4 N–H and O–H groups in total. The van der Waals surface area contributed by atoms with Crippen LogP contribution in [0.5, 0.6) is 0 Å². The number of amides is 1. The summed E-state index contributed by atoms with van der Waals surface area (Å²) in [5, 5.41) is 0. The van der Waals surface area contributed by atoms with Crippen LogP contribution in [0, 0.1) is 5.92 Å². The number of rotatable bonds is 4. The summed E-state index contributed by atoms with van der Waals surface area (Å²) in [5.74, 6) is -0.0891. The maximum atomic E-state index is 11.5. The molecule has 0 bridgehead atoms. The van der Waals surface area contributed by atoms with Crippen molar-refractivity contribution in [1.82, 2.24) is 4.90 Å². The first kappa shape index (κ1) is 11.8. The molecule has 92 valence electrons. The second kappa shape index (κ2) is 4.31. The number of nitrogens with two attached hydrogens (primary N) is 2. The fraction of sp³-hybridized carbons (Fsp3) is 0.909. The zero-order chi connectivity index (χ0) is 11.8. The van der Waals surface area contributed by atoms with Gasteiger partial charge in [0.2, 0.25) is 5.91 Å². The lowest BCUT2D eigenvalue weighted by Crippen LogP contribution is -2.63. The standard InChI is InChI=1S/C11H21N3O2/c1-8-6-16-5-4-14(8)7-11(13,10(12)15)9-2-3-9/h8-9H,2-7,13H2,1H3,(H2,12,15). The van der Waals surface area contributed by atoms with Crippen LogP contribution in [0.4, 0.5) is 0 Å². The molecule has 5 heteroatoms. The van der Waals surface area contributed by atoms with Crippen molar-refractivity contribution in [3.8, 4) is 0 Å². The second-order valence-electron chi connectivity index (χ2n) is 5.07. The molecule has 1 saturated heterocycles. The van der Waals surface area contributed by atoms with E-state index in [0.717, 1.165) is 19.4 Å². The third-order valence-electron chi connectivity index (χ3n) is 3.73. The summed E-state index contributed by atoms with van der Waals surface area (Å²) in [6, 6.07) is 0.315. The van der Waals surface area contributed by atoms with Crippen LogP contribution < -0.4 is 11.5 Å². The van der Waals surface area contributed by atoms with Crippen molar-refractivity contribution >= 4 is 5.91 Å². The van der Waals surface area contributed by atoms with E-state index in [9.17, 15) is 4.79 Å². The number of ether oxygens (including phenoxy) is 1. The molecule has 1 saturated carbocycles. The van der Waals surface area contributed by atoms with Crippen molar-refractivity contribution in [3.05, 3.63) is 0 Å². The zero-order valence-electron chi connectivity index (χ0n) is 9.82. The highest BCUT2D eigenvalue weighted by Gasteiger charge is 2.48. The highest BCUT2D eigenvalue weighted by molar-refractivity contribution is 5.85. The maximum Gasteiger partial charge on any atom is 0.239 e. The van der Waals surface area contributed by atoms with Gasteiger partial charge in [-0.25, -0.2) is 0 Å². The normalized spacial score (nSPS) is 31.0. The molecular weight excluding hydrogens is 206 g/mol. The molecule has 1 aliphatic carbocycles. The van der Waals surface area contributed by atoms with Crippen LogP contribution in [0.2, 0.25) is 0 Å². The topological polar surface area (TPSA) is 81.6 Å². The molecule has 0 aromatic heterocycles. The van der Waals surface area contributed by atoms with E-state index in [1.165, 1.54) is 0 Å². The number of hydrogen-bond donors (Lipinski definition) is 2. The van der Waals surface area contributed by atoms with E-state index in [0.29, 0.717) is 25.8 Å². The zero-order valence-corrected chi connectivity index (χ0v) is 9.82. The third kappa shape index (κ3) is 2.21. The summed E-state index contributed by atoms with van der Waals surface area (Å²) >= 11 is 0. The number of hydrogen-bond acceptors (Lipinski definition) is 4. The quantitative estimate of drug-likeness (QED) is 0.665. The summed E-state index contributed by atoms with van der Waals surface area (Å²) in [5.41, 5.74) is 10.8. The van der Waals surface area contributed by atoms with Gasteiger partial charge in [0, 0.05) is 19.1 Å². The van der Waals surface area contributed by atoms with E-state index in [-0.39, 0.29) is 11.8 Å². The van der Waals surface area contributed by atoms with Crippen molar-refractivity contribution in [2.24, 2.45) is 17.4 Å². The van der Waals surface area contributed by atoms with Gasteiger partial charge in [0.25, 0.3) is 0 Å². The molecule has 2 atom stereocenters. The van der Waals surface area contributed by atoms with E-state index in [1.807, 2.05) is 0 Å². The molecule has 2 aliphatic rings. The molecule has 5 nitrogen and oxygen atoms in total. The Kier molecular flexibility index (Phi) is 3.19. The SMILES string of the molecule is CC1COCCN1CC(N)(C(N)=O)C1CC1. The number of carbonyl (C=O) groups excluding carboxylic acids is 1. The molecule has 0 aromatic carbocycles. The van der Waals surface area contributed by atoms with Gasteiger partial charge in [0.1, 0.15) is 5.54 Å². The molecule has 1 aliphatic heterocycles. The van der Waals surface area contributed by atoms with Gasteiger partial charge >= 0.3 is 0 Å². The predicted molar refractivity (Wildman–Crippen MR) is 60.7 cm³/mol. The van der Waals surface area contributed by atoms with Gasteiger partial charge in [-0.15, -0.1) is 0 Å². The lowest BCUT2D eigenvalue weighted by Gasteiger charge is -2.39. The van der Waals surface area contributed by atoms with E-state index in [2.05, 4.69) is 11.8 Å². The minimum absolute atomic E-state index is 0.278. The van der Waals surface area contributed by atoms with E-state index in [4.69, 9.17) is 16.2 Å². The fourth-order valence-corrected chi connectivity index (χ4v) is 2.34. The molecule has 2 unspecified atom stereocenters. The van der Waals surface area contributed by atoms with Gasteiger partial charge in [-0.3, -0.25) is 9.69 Å². The van der Waals surface area contributed by atoms with Crippen molar-refractivity contribution < 1.29 is 9.53 Å². The minimum Gasteiger partial charge on any atom is -0.379 e. The van der Waals surface area contributed by atoms with Gasteiger partial charge in [0.15, 0.2) is 0 Å². The van der Waals surface area contributed by atoms with Gasteiger partial charge in [-0.05, 0) is 25.7 Å². The Hall–Kier alpha value is -0.650. The molecule has 0 spiro atoms. The monoisotopic (exact) mass is 227 g/mol. The Balaban J connectivity index is 2.02. The van der Waals surface area contributed by atoms with Crippen molar-refractivity contribution in [2.45, 2.75) is 31.3 Å². The Morgan fingerprint density at radius 1 is 1.56 bits per heavy atom. The molecule has 0 aromatic rings. The van der Waals surface area contributed by atoms with Crippen LogP contribution in [-0.2, 0) is 9.53 Å². The largest absolute Gasteiger partial charge is 0.379 e. The lowest BCUT2D eigenvalue weighted by atomic mass is 9.92. The first-order valence-electron chi connectivity index (χ1n) is 5.94. The summed E-state index contributed by atoms with van der Waals surface area (Å²) in [4.78, 5) is 13.7. The van der Waals surface area contributed by atoms with Crippen LogP contribution in [0.25, 0.3) is 0 Å². The molecular formula is C11H21N3O2. The summed E-state index contributed by atoms with van der Waals surface area (Å²) in [6.45, 7) is 4.91. The summed E-state index contributed by atoms with van der Waals surface area (Å²) in [7, 11) is 0. The van der Waals surface area contributed by atoms with Crippen LogP contribution in [0.15, 0.2) is 0 Å². The van der Waals surface area contributed by atoms with E-state index in [1.54, 1.807) is 0 Å². The average molecular weight is 227 g/mol. The number of morpholine rings is 1. The molecule has 1 amide bonds. The Morgan fingerprint density at radius 2 is 2.25 bits per heavy atom. The van der Waals surface area contributed by atoms with E-state index >= 15 is 0 Å². The molecule has 1 heterocycles. The van der Waals surface area contributed by atoms with Crippen molar-refractivity contribution in [2.75, 3.05) is 26.3 Å². The summed E-state index contributed by atoms with van der Waals surface area (Å²) in [6.07, 6.45) is 2.05. The third-order valence-corrected chi connectivity index (χ3v) is 3.73. The first-order valence-corrected chi connectivity index (χ1v) is 5.94. The van der Waals surface area contributed by atoms with E-state index < -0.39 is 5.54 Å². The first-order chi connectivity index (χ1) is 7.54. The van der Waals surface area contributed by atoms with Crippen LogP contribution in [-0.4, -0.2) is 48.7 Å². The van der Waals surface area contributed by atoms with Gasteiger partial charge in [-0.2, -0.15) is 0 Å². The molecule has 0 radical (unpaired) electrons. The van der Waals surface area contributed by atoms with Crippen LogP contribution in [0.3, 0.4) is 0 Å². The maximum absolute atomic E-state index is 11.5. The molecule has 16 heavy (non-hydrogen) atoms. The number of primary amides is 1. The van der Waals surface area contributed by atoms with Gasteiger partial charge in [0.05, 0.1) is 13.2 Å². The smallest absolute Gasteiger partial charge is 0.239 e. The van der Waals surface area contributed by atoms with Crippen molar-refractivity contribution in [1.29, 1.82) is 0 Å². The number of nitrogens with zero attached hydrogens (tertiary/aromatic N) is 1. The van der Waals surface area contributed by atoms with Crippen LogP contribution in [0.1, 0.15) is 19.8 Å². The Morgan fingerprint density at radius 3 is 2.75 bits per heavy atom.